The summed E-state index contributed by atoms with van der Waals surface area (Å²) < 4.78 is 33.5. The van der Waals surface area contributed by atoms with E-state index in [1.165, 1.54) is 24.3 Å². The van der Waals surface area contributed by atoms with Gasteiger partial charge in [0.2, 0.25) is 5.91 Å². The summed E-state index contributed by atoms with van der Waals surface area (Å²) in [5.74, 6) is -0.759. The van der Waals surface area contributed by atoms with Crippen LogP contribution in [-0.4, -0.2) is 50.2 Å². The van der Waals surface area contributed by atoms with Crippen LogP contribution in [0.25, 0.3) is 0 Å². The molecule has 2 aromatic rings. The Hall–Kier alpha value is -2.82. The molecule has 36 heavy (non-hydrogen) atoms. The van der Waals surface area contributed by atoms with Gasteiger partial charge in [0.05, 0.1) is 23.7 Å². The van der Waals surface area contributed by atoms with Crippen LogP contribution in [-0.2, 0) is 9.53 Å². The number of anilines is 1. The monoisotopic (exact) mass is 495 g/mol. The summed E-state index contributed by atoms with van der Waals surface area (Å²) in [5.41, 5.74) is 2.06. The molecule has 0 N–H and O–H groups in total. The van der Waals surface area contributed by atoms with Gasteiger partial charge in [-0.3, -0.25) is 9.69 Å². The van der Waals surface area contributed by atoms with Gasteiger partial charge in [0.25, 0.3) is 0 Å². The number of halogens is 2. The van der Waals surface area contributed by atoms with E-state index in [9.17, 15) is 18.8 Å². The van der Waals surface area contributed by atoms with Crippen molar-refractivity contribution in [3.8, 4) is 6.07 Å². The second-order valence-corrected chi connectivity index (χ2v) is 10.0. The predicted octanol–water partition coefficient (Wildman–Crippen LogP) is 5.65. The number of carbonyl (C=O) groups excluding carboxylic acids is 1. The van der Waals surface area contributed by atoms with E-state index >= 15 is 0 Å². The Morgan fingerprint density at radius 1 is 1.08 bits per heavy atom. The molecule has 1 saturated heterocycles. The van der Waals surface area contributed by atoms with Crippen LogP contribution in [0.15, 0.2) is 42.5 Å². The number of benzene rings is 2. The third kappa shape index (κ3) is 6.11. The second-order valence-electron chi connectivity index (χ2n) is 10.0. The van der Waals surface area contributed by atoms with E-state index in [1.807, 2.05) is 0 Å². The van der Waals surface area contributed by atoms with Gasteiger partial charge in [0.1, 0.15) is 11.6 Å². The van der Waals surface area contributed by atoms with Gasteiger partial charge >= 0.3 is 0 Å². The molecule has 192 valence electrons. The molecule has 1 fully saturated rings. The molecule has 1 unspecified atom stereocenters. The third-order valence-electron chi connectivity index (χ3n) is 7.59. The molecular weight excluding hydrogens is 460 g/mol. The van der Waals surface area contributed by atoms with E-state index in [0.29, 0.717) is 51.4 Å². The number of hydrogen-bond donors (Lipinski definition) is 0. The van der Waals surface area contributed by atoms with E-state index in [0.717, 1.165) is 36.8 Å². The smallest absolute Gasteiger partial charge is 0.241 e. The lowest BCUT2D eigenvalue weighted by Gasteiger charge is -2.37. The number of piperidine rings is 1. The van der Waals surface area contributed by atoms with Crippen LogP contribution in [0.5, 0.6) is 0 Å². The van der Waals surface area contributed by atoms with E-state index in [1.54, 1.807) is 23.1 Å². The summed E-state index contributed by atoms with van der Waals surface area (Å²) >= 11 is 0. The fraction of sp³-hybridized carbons (Fsp3) is 0.517. The highest BCUT2D eigenvalue weighted by Gasteiger charge is 2.36. The van der Waals surface area contributed by atoms with Crippen molar-refractivity contribution < 1.29 is 18.3 Å². The lowest BCUT2D eigenvalue weighted by molar-refractivity contribution is -0.120. The van der Waals surface area contributed by atoms with Crippen molar-refractivity contribution in [2.45, 2.75) is 51.4 Å². The number of hydrogen-bond acceptors (Lipinski definition) is 4. The molecule has 2 heterocycles. The Labute approximate surface area is 212 Å². The Morgan fingerprint density at radius 2 is 1.81 bits per heavy atom. The molecule has 0 saturated carbocycles. The standard InChI is InChI=1S/C29H35F2N3O2/c1-2-17-36-18-13-29(21-32)11-15-33(16-12-29)20-28(35)34-14-3-4-25(22-5-7-23(30)8-6-22)26-10-9-24(31)19-27(26)34/h5-10,19,25H,2-4,11-18,20H2,1H3. The van der Waals surface area contributed by atoms with Crippen LogP contribution in [0.3, 0.4) is 0 Å². The quantitative estimate of drug-likeness (QED) is 0.445. The van der Waals surface area contributed by atoms with Crippen LogP contribution in [0.4, 0.5) is 14.5 Å². The number of carbonyl (C=O) groups is 1. The Kier molecular flexibility index (Phi) is 8.71. The molecule has 2 aliphatic rings. The number of ether oxygens (including phenoxy) is 1. The number of nitrogens with zero attached hydrogens (tertiary/aromatic N) is 3. The molecule has 1 atom stereocenters. The van der Waals surface area contributed by atoms with Crippen molar-refractivity contribution in [1.82, 2.24) is 4.90 Å². The van der Waals surface area contributed by atoms with Crippen molar-refractivity contribution in [2.75, 3.05) is 44.3 Å². The summed E-state index contributed by atoms with van der Waals surface area (Å²) in [5, 5.41) is 9.81. The highest BCUT2D eigenvalue weighted by molar-refractivity contribution is 5.96. The normalized spacial score (nSPS) is 19.8. The molecule has 2 aromatic carbocycles. The Bertz CT molecular complexity index is 1070. The van der Waals surface area contributed by atoms with Gasteiger partial charge in [0.15, 0.2) is 0 Å². The van der Waals surface area contributed by atoms with Crippen LogP contribution in [0.2, 0.25) is 0 Å². The SMILES string of the molecule is CCCOCCC1(C#N)CCN(CC(=O)N2CCCC(c3ccc(F)cc3)c3ccc(F)cc32)CC1. The van der Waals surface area contributed by atoms with Gasteiger partial charge in [-0.1, -0.05) is 25.1 Å². The third-order valence-corrected chi connectivity index (χ3v) is 7.59. The Balaban J connectivity index is 1.45. The first-order valence-electron chi connectivity index (χ1n) is 13.0. The first-order chi connectivity index (χ1) is 17.4. The minimum atomic E-state index is -0.395. The molecule has 0 spiro atoms. The van der Waals surface area contributed by atoms with Gasteiger partial charge in [-0.05, 0) is 73.9 Å². The lowest BCUT2D eigenvalue weighted by atomic mass is 9.77. The van der Waals surface area contributed by atoms with E-state index in [-0.39, 0.29) is 30.0 Å². The molecule has 0 radical (unpaired) electrons. The van der Waals surface area contributed by atoms with Gasteiger partial charge in [-0.15, -0.1) is 0 Å². The Morgan fingerprint density at radius 3 is 2.50 bits per heavy atom. The van der Waals surface area contributed by atoms with E-state index < -0.39 is 5.41 Å². The molecule has 4 rings (SSSR count). The van der Waals surface area contributed by atoms with Gasteiger partial charge in [-0.2, -0.15) is 5.26 Å². The minimum Gasteiger partial charge on any atom is -0.381 e. The molecular formula is C29H35F2N3O2. The van der Waals surface area contributed by atoms with Crippen LogP contribution >= 0.6 is 0 Å². The first-order valence-corrected chi connectivity index (χ1v) is 13.0. The summed E-state index contributed by atoms with van der Waals surface area (Å²) in [6.45, 7) is 5.47. The van der Waals surface area contributed by atoms with Gasteiger partial charge in [-0.25, -0.2) is 8.78 Å². The summed E-state index contributed by atoms with van der Waals surface area (Å²) in [7, 11) is 0. The average molecular weight is 496 g/mol. The van der Waals surface area contributed by atoms with Crippen LogP contribution in [0, 0.1) is 28.4 Å². The van der Waals surface area contributed by atoms with Gasteiger partial charge in [0, 0.05) is 38.8 Å². The molecule has 7 heteroatoms. The summed E-state index contributed by atoms with van der Waals surface area (Å²) in [4.78, 5) is 17.3. The van der Waals surface area contributed by atoms with E-state index in [4.69, 9.17) is 4.74 Å². The van der Waals surface area contributed by atoms with Crippen LogP contribution in [0.1, 0.15) is 62.5 Å². The highest BCUT2D eigenvalue weighted by atomic mass is 19.1. The number of fused-ring (bicyclic) bond motifs is 1. The highest BCUT2D eigenvalue weighted by Crippen LogP contribution is 2.39. The molecule has 5 nitrogen and oxygen atoms in total. The zero-order valence-electron chi connectivity index (χ0n) is 21.0. The maximum Gasteiger partial charge on any atom is 0.241 e. The number of rotatable bonds is 8. The molecule has 0 aromatic heterocycles. The van der Waals surface area contributed by atoms with Crippen molar-refractivity contribution in [3.05, 3.63) is 65.2 Å². The van der Waals surface area contributed by atoms with Crippen LogP contribution < -0.4 is 4.90 Å². The summed E-state index contributed by atoms with van der Waals surface area (Å²) in [6.07, 6.45) is 4.66. The number of nitriles is 1. The first kappa shape index (κ1) is 26.2. The van der Waals surface area contributed by atoms with Crippen molar-refractivity contribution >= 4 is 11.6 Å². The minimum absolute atomic E-state index is 0.0276. The molecule has 2 aliphatic heterocycles. The molecule has 0 bridgehead atoms. The molecule has 1 amide bonds. The van der Waals surface area contributed by atoms with Gasteiger partial charge < -0.3 is 9.64 Å². The predicted molar refractivity (Wildman–Crippen MR) is 136 cm³/mol. The van der Waals surface area contributed by atoms with Crippen molar-refractivity contribution in [1.29, 1.82) is 5.26 Å². The largest absolute Gasteiger partial charge is 0.381 e. The fourth-order valence-electron chi connectivity index (χ4n) is 5.42. The van der Waals surface area contributed by atoms with E-state index in [2.05, 4.69) is 17.9 Å². The average Bonchev–Trinajstić information content (AvgIpc) is 3.07. The number of amides is 1. The zero-order valence-corrected chi connectivity index (χ0v) is 21.0. The maximum absolute atomic E-state index is 14.3. The zero-order chi connectivity index (χ0) is 25.5. The lowest BCUT2D eigenvalue weighted by Crippen LogP contribution is -2.46. The number of likely N-dealkylation sites (tertiary alicyclic amines) is 1. The second kappa shape index (κ2) is 11.9. The maximum atomic E-state index is 14.3. The fourth-order valence-corrected chi connectivity index (χ4v) is 5.42. The van der Waals surface area contributed by atoms with Crippen molar-refractivity contribution in [3.63, 3.8) is 0 Å². The van der Waals surface area contributed by atoms with Crippen molar-refractivity contribution in [2.24, 2.45) is 5.41 Å². The summed E-state index contributed by atoms with van der Waals surface area (Å²) in [6, 6.07) is 13.6. The topological polar surface area (TPSA) is 56.6 Å². The molecule has 0 aliphatic carbocycles.